The lowest BCUT2D eigenvalue weighted by molar-refractivity contribution is 1.30. The monoisotopic (exact) mass is 554 g/mol. The number of aryl methyl sites for hydroxylation is 1. The van der Waals surface area contributed by atoms with Gasteiger partial charge in [0.05, 0.1) is 5.69 Å². The summed E-state index contributed by atoms with van der Waals surface area (Å²) in [5.41, 5.74) is 17.7. The van der Waals surface area contributed by atoms with Gasteiger partial charge in [-0.1, -0.05) is 116 Å². The molecule has 2 nitrogen and oxygen atoms in total. The van der Waals surface area contributed by atoms with E-state index < -0.39 is 0 Å². The van der Waals surface area contributed by atoms with E-state index in [0.717, 1.165) is 44.6 Å². The minimum atomic E-state index is 0.687. The molecule has 0 atom stereocenters. The first-order chi connectivity index (χ1) is 21.0. The Morgan fingerprint density at radius 1 is 0.698 bits per heavy atom. The van der Waals surface area contributed by atoms with Crippen LogP contribution in [-0.4, -0.2) is 4.98 Å². The highest BCUT2D eigenvalue weighted by Crippen LogP contribution is 2.44. The van der Waals surface area contributed by atoms with Crippen molar-refractivity contribution in [1.29, 1.82) is 0 Å². The van der Waals surface area contributed by atoms with E-state index in [1.165, 1.54) is 32.7 Å². The van der Waals surface area contributed by atoms with Crippen molar-refractivity contribution in [2.24, 2.45) is 5.73 Å². The molecule has 2 heteroatoms. The van der Waals surface area contributed by atoms with E-state index in [-0.39, 0.29) is 0 Å². The van der Waals surface area contributed by atoms with Gasteiger partial charge in [-0.25, -0.2) is 0 Å². The molecule has 0 spiro atoms. The number of aromatic nitrogens is 1. The summed E-state index contributed by atoms with van der Waals surface area (Å²) in [6.07, 6.45) is 11.5. The molecule has 0 saturated heterocycles. The molecular formula is C41H34N2. The van der Waals surface area contributed by atoms with Gasteiger partial charge in [0.1, 0.15) is 0 Å². The molecule has 0 aliphatic carbocycles. The fraction of sp³-hybridized carbons (Fsp3) is 0.0488. The first-order valence-corrected chi connectivity index (χ1v) is 14.5. The van der Waals surface area contributed by atoms with Gasteiger partial charge in [0.2, 0.25) is 0 Å². The average Bonchev–Trinajstić information content (AvgIpc) is 3.05. The largest absolute Gasteiger partial charge is 0.398 e. The molecule has 208 valence electrons. The van der Waals surface area contributed by atoms with Gasteiger partial charge >= 0.3 is 0 Å². The minimum Gasteiger partial charge on any atom is -0.398 e. The second kappa shape index (κ2) is 11.8. The summed E-state index contributed by atoms with van der Waals surface area (Å²) < 4.78 is 0. The number of nitrogens with zero attached hydrogens (tertiary/aromatic N) is 1. The van der Waals surface area contributed by atoms with Crippen LogP contribution >= 0.6 is 0 Å². The molecule has 0 fully saturated rings. The van der Waals surface area contributed by atoms with Gasteiger partial charge in [-0.2, -0.15) is 0 Å². The highest BCUT2D eigenvalue weighted by Gasteiger charge is 2.19. The van der Waals surface area contributed by atoms with Crippen molar-refractivity contribution in [3.8, 4) is 33.5 Å². The second-order valence-corrected chi connectivity index (χ2v) is 10.8. The van der Waals surface area contributed by atoms with E-state index in [1.54, 1.807) is 0 Å². The van der Waals surface area contributed by atoms with Crippen molar-refractivity contribution in [3.63, 3.8) is 0 Å². The number of fused-ring (bicyclic) bond motifs is 2. The van der Waals surface area contributed by atoms with Gasteiger partial charge in [-0.3, -0.25) is 4.98 Å². The van der Waals surface area contributed by atoms with Crippen LogP contribution in [0.3, 0.4) is 0 Å². The molecule has 1 heterocycles. The third-order valence-electron chi connectivity index (χ3n) is 8.00. The van der Waals surface area contributed by atoms with E-state index in [9.17, 15) is 0 Å². The molecule has 5 aromatic carbocycles. The quantitative estimate of drug-likeness (QED) is 0.199. The van der Waals surface area contributed by atoms with Gasteiger partial charge in [0, 0.05) is 23.0 Å². The van der Waals surface area contributed by atoms with Crippen molar-refractivity contribution in [3.05, 3.63) is 157 Å². The second-order valence-electron chi connectivity index (χ2n) is 10.8. The van der Waals surface area contributed by atoms with Crippen molar-refractivity contribution in [2.75, 3.05) is 0 Å². The summed E-state index contributed by atoms with van der Waals surface area (Å²) in [6.45, 7) is 12.6. The van der Waals surface area contributed by atoms with Crippen LogP contribution in [0.4, 0.5) is 0 Å². The average molecular weight is 555 g/mol. The Morgan fingerprint density at radius 3 is 2.00 bits per heavy atom. The van der Waals surface area contributed by atoms with Crippen molar-refractivity contribution in [1.82, 2.24) is 4.98 Å². The highest BCUT2D eigenvalue weighted by atomic mass is 14.7. The number of allylic oxidation sites excluding steroid dienone is 3. The maximum absolute atomic E-state index is 6.22. The summed E-state index contributed by atoms with van der Waals surface area (Å²) in [5, 5.41) is 4.81. The summed E-state index contributed by atoms with van der Waals surface area (Å²) >= 11 is 0. The van der Waals surface area contributed by atoms with Gasteiger partial charge in [-0.05, 0) is 99.1 Å². The molecule has 43 heavy (non-hydrogen) atoms. The van der Waals surface area contributed by atoms with Crippen LogP contribution in [0.1, 0.15) is 29.2 Å². The molecule has 0 bridgehead atoms. The molecule has 6 aromatic rings. The number of hydrogen-bond donors (Lipinski definition) is 1. The molecule has 1 aromatic heterocycles. The maximum Gasteiger partial charge on any atom is 0.0702 e. The Balaban J connectivity index is 1.53. The van der Waals surface area contributed by atoms with Gasteiger partial charge in [0.15, 0.2) is 0 Å². The summed E-state index contributed by atoms with van der Waals surface area (Å²) in [5.74, 6) is 0. The predicted octanol–water partition coefficient (Wildman–Crippen LogP) is 10.9. The Morgan fingerprint density at radius 2 is 1.35 bits per heavy atom. The SMILES string of the molecule is C=Cc1c(C=C)c(-c2ccc3cc(C)ccc3c2)c2ccccc2c1-c1cccc(-c2ccc(/C(N)=C/C=C\C)cn2)c1. The summed E-state index contributed by atoms with van der Waals surface area (Å²) in [7, 11) is 0. The first-order valence-electron chi connectivity index (χ1n) is 14.5. The Labute approximate surface area is 253 Å². The Kier molecular flexibility index (Phi) is 7.59. The van der Waals surface area contributed by atoms with Crippen LogP contribution in [0.5, 0.6) is 0 Å². The van der Waals surface area contributed by atoms with Gasteiger partial charge in [-0.15, -0.1) is 0 Å². The van der Waals surface area contributed by atoms with Crippen LogP contribution in [0, 0.1) is 6.92 Å². The van der Waals surface area contributed by atoms with Crippen molar-refractivity contribution in [2.45, 2.75) is 13.8 Å². The van der Waals surface area contributed by atoms with Gasteiger partial charge < -0.3 is 5.73 Å². The van der Waals surface area contributed by atoms with Crippen LogP contribution in [0.15, 0.2) is 135 Å². The lowest BCUT2D eigenvalue weighted by Crippen LogP contribution is -1.97. The molecule has 0 unspecified atom stereocenters. The molecule has 0 radical (unpaired) electrons. The van der Waals surface area contributed by atoms with E-state index in [2.05, 4.69) is 105 Å². The molecule has 0 aliphatic rings. The summed E-state index contributed by atoms with van der Waals surface area (Å²) in [4.78, 5) is 4.75. The maximum atomic E-state index is 6.22. The predicted molar refractivity (Wildman–Crippen MR) is 187 cm³/mol. The van der Waals surface area contributed by atoms with E-state index >= 15 is 0 Å². The smallest absolute Gasteiger partial charge is 0.0702 e. The van der Waals surface area contributed by atoms with Crippen LogP contribution < -0.4 is 5.73 Å². The van der Waals surface area contributed by atoms with E-state index in [4.69, 9.17) is 10.7 Å². The molecule has 6 rings (SSSR count). The van der Waals surface area contributed by atoms with Gasteiger partial charge in [0.25, 0.3) is 0 Å². The highest BCUT2D eigenvalue weighted by molar-refractivity contribution is 6.12. The van der Waals surface area contributed by atoms with Crippen LogP contribution in [0.2, 0.25) is 0 Å². The van der Waals surface area contributed by atoms with Crippen LogP contribution in [-0.2, 0) is 0 Å². The lowest BCUT2D eigenvalue weighted by atomic mass is 9.83. The Bertz CT molecular complexity index is 2070. The van der Waals surface area contributed by atoms with E-state index in [1.807, 2.05) is 55.6 Å². The van der Waals surface area contributed by atoms with Crippen molar-refractivity contribution < 1.29 is 0 Å². The lowest BCUT2D eigenvalue weighted by Gasteiger charge is -2.21. The number of rotatable bonds is 7. The number of pyridine rings is 1. The summed E-state index contributed by atoms with van der Waals surface area (Å²) in [6, 6.07) is 34.6. The fourth-order valence-corrected chi connectivity index (χ4v) is 5.91. The third kappa shape index (κ3) is 5.20. The fourth-order valence-electron chi connectivity index (χ4n) is 5.91. The molecule has 0 amide bonds. The molecular weight excluding hydrogens is 520 g/mol. The molecule has 0 aliphatic heterocycles. The zero-order valence-corrected chi connectivity index (χ0v) is 24.6. The van der Waals surface area contributed by atoms with E-state index in [0.29, 0.717) is 5.70 Å². The third-order valence-corrected chi connectivity index (χ3v) is 8.00. The first kappa shape index (κ1) is 27.7. The Hall–Kier alpha value is -5.47. The zero-order chi connectivity index (χ0) is 29.9. The van der Waals surface area contributed by atoms with Crippen molar-refractivity contribution >= 4 is 39.4 Å². The number of hydrogen-bond acceptors (Lipinski definition) is 2. The topological polar surface area (TPSA) is 38.9 Å². The van der Waals surface area contributed by atoms with Crippen LogP contribution in [0.25, 0.3) is 72.9 Å². The number of nitrogens with two attached hydrogens (primary N) is 1. The minimum absolute atomic E-state index is 0.687. The normalized spacial score (nSPS) is 11.8. The molecule has 2 N–H and O–H groups in total. The standard InChI is InChI=1S/C41H34N2/c1-5-8-16-38(42)33-21-22-39(43-26-33)30-12-11-13-31(25-30)40-34(6-2)35(7-3)41(37-15-10-9-14-36(37)40)32-20-19-28-23-27(4)17-18-29(28)24-32/h5-26H,2-3,42H2,1,4H3/b8-5-,38-16-. The molecule has 0 saturated carbocycles. The number of benzene rings is 5. The zero-order valence-electron chi connectivity index (χ0n) is 24.6.